The fourth-order valence-electron chi connectivity index (χ4n) is 1.30. The highest BCUT2D eigenvalue weighted by atomic mass is 14.1. The summed E-state index contributed by atoms with van der Waals surface area (Å²) in [6.45, 7) is 6.50. The average Bonchev–Trinajstić information content (AvgIpc) is 2.03. The summed E-state index contributed by atoms with van der Waals surface area (Å²) in [5, 5.41) is 0. The molecule has 0 aliphatic heterocycles. The van der Waals surface area contributed by atoms with E-state index in [2.05, 4.69) is 39.0 Å². The summed E-state index contributed by atoms with van der Waals surface area (Å²) in [5.41, 5.74) is 4.50. The zero-order chi connectivity index (χ0) is 8.97. The number of allylic oxidation sites excluding steroid dienone is 6. The summed E-state index contributed by atoms with van der Waals surface area (Å²) in [6.07, 6.45) is 10.5. The first-order valence-electron chi connectivity index (χ1n) is 4.67. The van der Waals surface area contributed by atoms with Crippen LogP contribution >= 0.6 is 0 Å². The van der Waals surface area contributed by atoms with Crippen LogP contribution in [0.25, 0.3) is 0 Å². The fourth-order valence-corrected chi connectivity index (χ4v) is 1.30. The zero-order valence-electron chi connectivity index (χ0n) is 8.35. The molecule has 0 saturated carbocycles. The van der Waals surface area contributed by atoms with E-state index in [1.54, 1.807) is 11.1 Å². The van der Waals surface area contributed by atoms with Gasteiger partial charge in [-0.2, -0.15) is 0 Å². The molecule has 0 nitrogen and oxygen atoms in total. The minimum absolute atomic E-state index is 1.16. The van der Waals surface area contributed by atoms with Gasteiger partial charge in [-0.3, -0.25) is 0 Å². The molecule has 0 spiro atoms. The molecule has 66 valence electrons. The molecule has 0 N–H and O–H groups in total. The molecule has 0 aromatic heterocycles. The lowest BCUT2D eigenvalue weighted by Crippen LogP contribution is -1.91. The Hall–Kier alpha value is -0.780. The zero-order valence-corrected chi connectivity index (χ0v) is 8.35. The number of hydrogen-bond donors (Lipinski definition) is 0. The lowest BCUT2D eigenvalue weighted by Gasteiger charge is -2.11. The lowest BCUT2D eigenvalue weighted by molar-refractivity contribution is 0.849. The quantitative estimate of drug-likeness (QED) is 0.511. The van der Waals surface area contributed by atoms with Crippen LogP contribution in [-0.4, -0.2) is 0 Å². The second-order valence-electron chi connectivity index (χ2n) is 3.82. The van der Waals surface area contributed by atoms with Crippen LogP contribution in [0.1, 0.15) is 40.0 Å². The lowest BCUT2D eigenvalue weighted by atomic mass is 9.95. The van der Waals surface area contributed by atoms with Gasteiger partial charge in [-0.15, -0.1) is 0 Å². The van der Waals surface area contributed by atoms with E-state index in [0.717, 1.165) is 6.42 Å². The third kappa shape index (κ3) is 3.08. The van der Waals surface area contributed by atoms with E-state index < -0.39 is 0 Å². The minimum atomic E-state index is 1.16. The van der Waals surface area contributed by atoms with Crippen LogP contribution in [-0.2, 0) is 0 Å². The molecule has 0 saturated heterocycles. The van der Waals surface area contributed by atoms with Crippen LogP contribution in [0.4, 0.5) is 0 Å². The molecular weight excluding hydrogens is 144 g/mol. The van der Waals surface area contributed by atoms with Gasteiger partial charge in [-0.1, -0.05) is 34.9 Å². The summed E-state index contributed by atoms with van der Waals surface area (Å²) in [4.78, 5) is 0. The van der Waals surface area contributed by atoms with Gasteiger partial charge in [-0.25, -0.2) is 0 Å². The maximum atomic E-state index is 2.34. The molecule has 0 bridgehead atoms. The van der Waals surface area contributed by atoms with Crippen molar-refractivity contribution in [2.75, 3.05) is 0 Å². The van der Waals surface area contributed by atoms with Crippen LogP contribution in [0.15, 0.2) is 34.9 Å². The van der Waals surface area contributed by atoms with Crippen molar-refractivity contribution in [2.45, 2.75) is 40.0 Å². The molecule has 1 aliphatic carbocycles. The molecule has 0 radical (unpaired) electrons. The summed E-state index contributed by atoms with van der Waals surface area (Å²) in [6, 6.07) is 0. The standard InChI is InChI=1S/C12H18/c1-10(2)4-7-12-8-5-11(3)6-9-12/h4-5,7H,6,8-9H2,1-3H3/b12-7+. The van der Waals surface area contributed by atoms with Crippen molar-refractivity contribution < 1.29 is 0 Å². The summed E-state index contributed by atoms with van der Waals surface area (Å²) in [7, 11) is 0. The van der Waals surface area contributed by atoms with E-state index in [-0.39, 0.29) is 0 Å². The van der Waals surface area contributed by atoms with Crippen LogP contribution in [0.3, 0.4) is 0 Å². The van der Waals surface area contributed by atoms with Gasteiger partial charge in [0.25, 0.3) is 0 Å². The topological polar surface area (TPSA) is 0 Å². The van der Waals surface area contributed by atoms with Crippen molar-refractivity contribution in [1.82, 2.24) is 0 Å². The third-order valence-electron chi connectivity index (χ3n) is 2.21. The van der Waals surface area contributed by atoms with Gasteiger partial charge in [0.2, 0.25) is 0 Å². The number of hydrogen-bond acceptors (Lipinski definition) is 0. The second-order valence-corrected chi connectivity index (χ2v) is 3.82. The van der Waals surface area contributed by atoms with E-state index in [1.165, 1.54) is 18.4 Å². The Morgan fingerprint density at radius 1 is 1.33 bits per heavy atom. The van der Waals surface area contributed by atoms with Gasteiger partial charge in [-0.05, 0) is 40.0 Å². The predicted molar refractivity (Wildman–Crippen MR) is 55.1 cm³/mol. The van der Waals surface area contributed by atoms with Crippen LogP contribution < -0.4 is 0 Å². The van der Waals surface area contributed by atoms with E-state index >= 15 is 0 Å². The Morgan fingerprint density at radius 2 is 2.08 bits per heavy atom. The third-order valence-corrected chi connectivity index (χ3v) is 2.21. The fraction of sp³-hybridized carbons (Fsp3) is 0.500. The smallest absolute Gasteiger partial charge is 0.0133 e. The molecule has 0 aromatic rings. The normalized spacial score (nSPS) is 20.6. The van der Waals surface area contributed by atoms with Gasteiger partial charge in [0, 0.05) is 0 Å². The highest BCUT2D eigenvalue weighted by molar-refractivity contribution is 5.23. The SMILES string of the molecule is CC(C)=C/C=C1\CC=C(C)CC1. The molecule has 0 atom stereocenters. The minimum Gasteiger partial charge on any atom is -0.0815 e. The first-order valence-corrected chi connectivity index (χ1v) is 4.67. The van der Waals surface area contributed by atoms with Gasteiger partial charge >= 0.3 is 0 Å². The molecular formula is C12H18. The van der Waals surface area contributed by atoms with Crippen LogP contribution in [0, 0.1) is 0 Å². The molecule has 12 heavy (non-hydrogen) atoms. The summed E-state index contributed by atoms with van der Waals surface area (Å²) in [5.74, 6) is 0. The van der Waals surface area contributed by atoms with Crippen molar-refractivity contribution in [3.8, 4) is 0 Å². The highest BCUT2D eigenvalue weighted by Gasteiger charge is 2.02. The van der Waals surface area contributed by atoms with E-state index in [9.17, 15) is 0 Å². The van der Waals surface area contributed by atoms with Crippen LogP contribution in [0.2, 0.25) is 0 Å². The molecule has 0 fully saturated rings. The van der Waals surface area contributed by atoms with Crippen molar-refractivity contribution in [3.05, 3.63) is 34.9 Å². The monoisotopic (exact) mass is 162 g/mol. The van der Waals surface area contributed by atoms with Crippen LogP contribution in [0.5, 0.6) is 0 Å². The van der Waals surface area contributed by atoms with E-state index in [4.69, 9.17) is 0 Å². The van der Waals surface area contributed by atoms with E-state index in [1.807, 2.05) is 0 Å². The summed E-state index contributed by atoms with van der Waals surface area (Å²) < 4.78 is 0. The Bertz CT molecular complexity index is 235. The molecule has 0 aromatic carbocycles. The summed E-state index contributed by atoms with van der Waals surface area (Å²) >= 11 is 0. The Labute approximate surface area is 75.7 Å². The first kappa shape index (κ1) is 9.31. The Kier molecular flexibility index (Phi) is 3.33. The van der Waals surface area contributed by atoms with Crippen molar-refractivity contribution >= 4 is 0 Å². The van der Waals surface area contributed by atoms with Gasteiger partial charge in [0.1, 0.15) is 0 Å². The van der Waals surface area contributed by atoms with Gasteiger partial charge in [0.15, 0.2) is 0 Å². The molecule has 0 amide bonds. The largest absolute Gasteiger partial charge is 0.0815 e. The molecule has 0 unspecified atom stereocenters. The van der Waals surface area contributed by atoms with Crippen molar-refractivity contribution in [2.24, 2.45) is 0 Å². The van der Waals surface area contributed by atoms with Crippen molar-refractivity contribution in [1.29, 1.82) is 0 Å². The van der Waals surface area contributed by atoms with E-state index in [0.29, 0.717) is 0 Å². The predicted octanol–water partition coefficient (Wildman–Crippen LogP) is 4.01. The number of rotatable bonds is 1. The van der Waals surface area contributed by atoms with Gasteiger partial charge < -0.3 is 0 Å². The van der Waals surface area contributed by atoms with Gasteiger partial charge in [0.05, 0.1) is 0 Å². The first-order chi connectivity index (χ1) is 5.68. The Morgan fingerprint density at radius 3 is 2.58 bits per heavy atom. The second kappa shape index (κ2) is 4.30. The molecule has 0 heteroatoms. The average molecular weight is 162 g/mol. The molecule has 0 heterocycles. The molecule has 1 rings (SSSR count). The highest BCUT2D eigenvalue weighted by Crippen LogP contribution is 2.22. The maximum absolute atomic E-state index is 2.34. The molecule has 1 aliphatic rings. The van der Waals surface area contributed by atoms with Crippen molar-refractivity contribution in [3.63, 3.8) is 0 Å². The maximum Gasteiger partial charge on any atom is -0.0133 e. The Balaban J connectivity index is 2.57.